The van der Waals surface area contributed by atoms with Gasteiger partial charge in [0.25, 0.3) is 0 Å². The van der Waals surface area contributed by atoms with E-state index in [0.717, 1.165) is 13.0 Å². The van der Waals surface area contributed by atoms with Gasteiger partial charge in [0.15, 0.2) is 5.96 Å². The van der Waals surface area contributed by atoms with Crippen molar-refractivity contribution in [2.75, 3.05) is 47.8 Å². The Balaban J connectivity index is 0.00000625. The summed E-state index contributed by atoms with van der Waals surface area (Å²) < 4.78 is 0. The van der Waals surface area contributed by atoms with Crippen LogP contribution in [-0.4, -0.2) is 69.5 Å². The van der Waals surface area contributed by atoms with Gasteiger partial charge in [-0.25, -0.2) is 4.99 Å². The molecular weight excluding hydrogens is 441 g/mol. The van der Waals surface area contributed by atoms with E-state index in [1.165, 1.54) is 11.1 Å². The standard InChI is InChI=1S/C19H33N5O.HI/c1-7-15-9-11-16(12-10-15)17(23(3)4)13-21-19(20-8-2)22-14-18(25)24(5)6;/h9-12,17H,7-8,13-14H2,1-6H3,(H2,20,21,22);1H. The number of halogens is 1. The highest BCUT2D eigenvalue weighted by molar-refractivity contribution is 14.0. The third-order valence-corrected chi connectivity index (χ3v) is 4.07. The first-order valence-corrected chi connectivity index (χ1v) is 8.86. The number of nitrogens with zero attached hydrogens (tertiary/aromatic N) is 3. The van der Waals surface area contributed by atoms with Gasteiger partial charge in [0.05, 0.1) is 6.04 Å². The number of carbonyl (C=O) groups excluding carboxylic acids is 1. The number of benzene rings is 1. The maximum atomic E-state index is 11.7. The molecule has 26 heavy (non-hydrogen) atoms. The lowest BCUT2D eigenvalue weighted by molar-refractivity contribution is -0.127. The van der Waals surface area contributed by atoms with Gasteiger partial charge in [0.2, 0.25) is 5.91 Å². The lowest BCUT2D eigenvalue weighted by atomic mass is 10.0. The highest BCUT2D eigenvalue weighted by Crippen LogP contribution is 2.18. The fourth-order valence-corrected chi connectivity index (χ4v) is 2.40. The second-order valence-corrected chi connectivity index (χ2v) is 6.44. The van der Waals surface area contributed by atoms with Crippen LogP contribution in [0.1, 0.15) is 31.0 Å². The van der Waals surface area contributed by atoms with Gasteiger partial charge in [-0.15, -0.1) is 24.0 Å². The number of guanidine groups is 1. The van der Waals surface area contributed by atoms with E-state index in [1.54, 1.807) is 19.0 Å². The molecule has 0 heterocycles. The van der Waals surface area contributed by atoms with Crippen molar-refractivity contribution in [1.29, 1.82) is 0 Å². The van der Waals surface area contributed by atoms with Crippen LogP contribution in [0.25, 0.3) is 0 Å². The van der Waals surface area contributed by atoms with Crippen molar-refractivity contribution in [2.45, 2.75) is 26.3 Å². The molecule has 1 amide bonds. The Morgan fingerprint density at radius 2 is 1.69 bits per heavy atom. The SMILES string of the molecule is CCNC(=NCC(=O)N(C)C)NCC(c1ccc(CC)cc1)N(C)C.I. The molecule has 0 saturated heterocycles. The van der Waals surface area contributed by atoms with E-state index >= 15 is 0 Å². The minimum Gasteiger partial charge on any atom is -0.357 e. The summed E-state index contributed by atoms with van der Waals surface area (Å²) >= 11 is 0. The molecule has 2 N–H and O–H groups in total. The Labute approximate surface area is 175 Å². The maximum absolute atomic E-state index is 11.7. The topological polar surface area (TPSA) is 60.0 Å². The van der Waals surface area contributed by atoms with Crippen molar-refractivity contribution in [2.24, 2.45) is 4.99 Å². The molecule has 0 bridgehead atoms. The smallest absolute Gasteiger partial charge is 0.243 e. The lowest BCUT2D eigenvalue weighted by Gasteiger charge is -2.26. The number of rotatable bonds is 8. The van der Waals surface area contributed by atoms with Gasteiger partial charge >= 0.3 is 0 Å². The molecule has 0 aliphatic heterocycles. The predicted octanol–water partition coefficient (Wildman–Crippen LogP) is 2.11. The normalized spacial score (nSPS) is 12.3. The zero-order valence-corrected chi connectivity index (χ0v) is 19.2. The first kappa shape index (κ1) is 24.7. The molecule has 1 unspecified atom stereocenters. The average molecular weight is 475 g/mol. The summed E-state index contributed by atoms with van der Waals surface area (Å²) in [6.45, 7) is 5.77. The third-order valence-electron chi connectivity index (χ3n) is 4.07. The van der Waals surface area contributed by atoms with Crippen LogP contribution in [0.15, 0.2) is 29.3 Å². The average Bonchev–Trinajstić information content (AvgIpc) is 2.59. The first-order valence-electron chi connectivity index (χ1n) is 8.86. The van der Waals surface area contributed by atoms with Crippen LogP contribution in [0.5, 0.6) is 0 Å². The minimum absolute atomic E-state index is 0. The molecule has 6 nitrogen and oxygen atoms in total. The Kier molecular flexibility index (Phi) is 12.2. The molecule has 0 spiro atoms. The molecule has 0 fully saturated rings. The van der Waals surface area contributed by atoms with E-state index in [1.807, 2.05) is 6.92 Å². The summed E-state index contributed by atoms with van der Waals surface area (Å²) in [4.78, 5) is 19.8. The number of aryl methyl sites for hydroxylation is 1. The van der Waals surface area contributed by atoms with E-state index < -0.39 is 0 Å². The summed E-state index contributed by atoms with van der Waals surface area (Å²) in [6.07, 6.45) is 1.04. The van der Waals surface area contributed by atoms with Crippen molar-refractivity contribution in [3.63, 3.8) is 0 Å². The monoisotopic (exact) mass is 475 g/mol. The number of hydrogen-bond donors (Lipinski definition) is 2. The van der Waals surface area contributed by atoms with E-state index in [-0.39, 0.29) is 42.5 Å². The fourth-order valence-electron chi connectivity index (χ4n) is 2.40. The Bertz CT molecular complexity index is 558. The van der Waals surface area contributed by atoms with Gasteiger partial charge < -0.3 is 20.4 Å². The zero-order valence-electron chi connectivity index (χ0n) is 16.9. The van der Waals surface area contributed by atoms with Crippen molar-refractivity contribution < 1.29 is 4.79 Å². The van der Waals surface area contributed by atoms with Crippen LogP contribution >= 0.6 is 24.0 Å². The van der Waals surface area contributed by atoms with E-state index in [2.05, 4.69) is 65.8 Å². The van der Waals surface area contributed by atoms with Gasteiger partial charge in [0, 0.05) is 27.2 Å². The predicted molar refractivity (Wildman–Crippen MR) is 120 cm³/mol. The maximum Gasteiger partial charge on any atom is 0.243 e. The lowest BCUT2D eigenvalue weighted by Crippen LogP contribution is -2.42. The highest BCUT2D eigenvalue weighted by Gasteiger charge is 2.15. The van der Waals surface area contributed by atoms with Crippen molar-refractivity contribution in [1.82, 2.24) is 20.4 Å². The Morgan fingerprint density at radius 3 is 2.15 bits per heavy atom. The van der Waals surface area contributed by atoms with Crippen molar-refractivity contribution in [3.05, 3.63) is 35.4 Å². The molecule has 0 aliphatic carbocycles. The van der Waals surface area contributed by atoms with Crippen LogP contribution < -0.4 is 10.6 Å². The van der Waals surface area contributed by atoms with E-state index in [9.17, 15) is 4.79 Å². The molecule has 1 aromatic rings. The van der Waals surface area contributed by atoms with Crippen molar-refractivity contribution >= 4 is 35.8 Å². The molecule has 0 radical (unpaired) electrons. The van der Waals surface area contributed by atoms with Crippen molar-refractivity contribution in [3.8, 4) is 0 Å². The van der Waals surface area contributed by atoms with Gasteiger partial charge in [-0.2, -0.15) is 0 Å². The number of amides is 1. The van der Waals surface area contributed by atoms with E-state index in [0.29, 0.717) is 12.5 Å². The fraction of sp³-hybridized carbons (Fsp3) is 0.579. The molecule has 0 aromatic heterocycles. The molecule has 0 aliphatic rings. The van der Waals surface area contributed by atoms with Gasteiger partial charge in [0.1, 0.15) is 6.54 Å². The summed E-state index contributed by atoms with van der Waals surface area (Å²) in [5.41, 5.74) is 2.60. The summed E-state index contributed by atoms with van der Waals surface area (Å²) in [5.74, 6) is 0.645. The highest BCUT2D eigenvalue weighted by atomic mass is 127. The van der Waals surface area contributed by atoms with Crippen LogP contribution in [0, 0.1) is 0 Å². The quantitative estimate of drug-likeness (QED) is 0.344. The Morgan fingerprint density at radius 1 is 1.08 bits per heavy atom. The largest absolute Gasteiger partial charge is 0.357 e. The summed E-state index contributed by atoms with van der Waals surface area (Å²) in [7, 11) is 7.61. The second-order valence-electron chi connectivity index (χ2n) is 6.44. The van der Waals surface area contributed by atoms with Crippen LogP contribution in [0.4, 0.5) is 0 Å². The molecule has 1 atom stereocenters. The van der Waals surface area contributed by atoms with Crippen LogP contribution in [0.2, 0.25) is 0 Å². The van der Waals surface area contributed by atoms with Gasteiger partial charge in [-0.3, -0.25) is 4.79 Å². The number of hydrogen-bond acceptors (Lipinski definition) is 3. The van der Waals surface area contributed by atoms with E-state index in [4.69, 9.17) is 0 Å². The second kappa shape index (κ2) is 12.9. The zero-order chi connectivity index (χ0) is 18.8. The first-order chi connectivity index (χ1) is 11.9. The third kappa shape index (κ3) is 8.35. The minimum atomic E-state index is -0.0171. The number of aliphatic imine (C=N–C) groups is 1. The molecule has 0 saturated carbocycles. The number of carbonyl (C=O) groups is 1. The van der Waals surface area contributed by atoms with Gasteiger partial charge in [-0.1, -0.05) is 31.2 Å². The Hall–Kier alpha value is -1.35. The van der Waals surface area contributed by atoms with Gasteiger partial charge in [-0.05, 0) is 38.6 Å². The summed E-state index contributed by atoms with van der Waals surface area (Å²) in [5, 5.41) is 6.54. The molecule has 7 heteroatoms. The molecule has 148 valence electrons. The van der Waals surface area contributed by atoms with Crippen LogP contribution in [-0.2, 0) is 11.2 Å². The molecule has 1 rings (SSSR count). The molecule has 1 aromatic carbocycles. The molecular formula is C19H34IN5O. The number of likely N-dealkylation sites (N-methyl/N-ethyl adjacent to an activating group) is 2. The number of nitrogens with one attached hydrogen (secondary N) is 2. The summed E-state index contributed by atoms with van der Waals surface area (Å²) in [6, 6.07) is 8.96. The van der Waals surface area contributed by atoms with Crippen LogP contribution in [0.3, 0.4) is 0 Å².